The van der Waals surface area contributed by atoms with Gasteiger partial charge in [0.05, 0.1) is 0 Å². The first-order valence-electron chi connectivity index (χ1n) is 8.84. The summed E-state index contributed by atoms with van der Waals surface area (Å²) in [6.45, 7) is 6.73. The van der Waals surface area contributed by atoms with Crippen LogP contribution in [0.25, 0.3) is 0 Å². The van der Waals surface area contributed by atoms with Crippen LogP contribution >= 0.6 is 66.7 Å². The molecule has 3 heterocycles. The molecule has 0 N–H and O–H groups in total. The van der Waals surface area contributed by atoms with Crippen LogP contribution in [0, 0.1) is 0 Å². The van der Waals surface area contributed by atoms with Gasteiger partial charge in [0.15, 0.2) is 0 Å². The quantitative estimate of drug-likeness (QED) is 0.400. The number of likely N-dealkylation sites (tertiary alicyclic amines) is 3. The summed E-state index contributed by atoms with van der Waals surface area (Å²) in [6, 6.07) is 0. The van der Waals surface area contributed by atoms with Gasteiger partial charge < -0.3 is 0 Å². The monoisotopic (exact) mass is 513 g/mol. The van der Waals surface area contributed by atoms with Crippen molar-refractivity contribution in [2.75, 3.05) is 39.3 Å². The van der Waals surface area contributed by atoms with Gasteiger partial charge >= 0.3 is 183 Å². The van der Waals surface area contributed by atoms with Crippen LogP contribution in [0.1, 0.15) is 38.5 Å². The zero-order valence-electron chi connectivity index (χ0n) is 14.2. The van der Waals surface area contributed by atoms with Crippen molar-refractivity contribution in [3.05, 3.63) is 0 Å². The van der Waals surface area contributed by atoms with Crippen molar-refractivity contribution in [3.63, 3.8) is 0 Å². The first-order chi connectivity index (χ1) is 12.1. The summed E-state index contributed by atoms with van der Waals surface area (Å²) < 4.78 is 3.22. The molecule has 0 atom stereocenters. The van der Waals surface area contributed by atoms with E-state index in [0.717, 1.165) is 52.2 Å². The average Bonchev–Trinajstić information content (AvgIpc) is 3.38. The third-order valence-electron chi connectivity index (χ3n) is 4.55. The zero-order chi connectivity index (χ0) is 17.6. The molecule has 3 aliphatic rings. The molecule has 0 aromatic heterocycles. The Balaban J connectivity index is 1.58. The van der Waals surface area contributed by atoms with Crippen molar-refractivity contribution in [2.24, 2.45) is 0 Å². The second-order valence-corrected chi connectivity index (χ2v) is 23.7. The van der Waals surface area contributed by atoms with Gasteiger partial charge in [-0.15, -0.1) is 0 Å². The summed E-state index contributed by atoms with van der Waals surface area (Å²) in [4.78, 5) is 7.13. The fourth-order valence-corrected chi connectivity index (χ4v) is 26.6. The molecular weight excluding hydrogens is 490 g/mol. The Morgan fingerprint density at radius 3 is 1.00 bits per heavy atom. The van der Waals surface area contributed by atoms with Gasteiger partial charge in [0.1, 0.15) is 0 Å². The van der Waals surface area contributed by atoms with E-state index in [1.165, 1.54) is 38.5 Å². The molecule has 0 saturated carbocycles. The Morgan fingerprint density at radius 2 is 0.760 bits per heavy atom. The van der Waals surface area contributed by atoms with Crippen LogP contribution in [0.15, 0.2) is 0 Å². The summed E-state index contributed by atoms with van der Waals surface area (Å²) in [5.74, 6) is 0. The number of hydrogen-bond acceptors (Lipinski definition) is 6. The maximum absolute atomic E-state index is 5.75. The van der Waals surface area contributed by atoms with E-state index >= 15 is 0 Å². The van der Waals surface area contributed by atoms with Crippen LogP contribution in [0.4, 0.5) is 0 Å². The van der Waals surface area contributed by atoms with Crippen LogP contribution < -0.4 is 0 Å². The Bertz CT molecular complexity index is 430. The first-order valence-corrected chi connectivity index (χ1v) is 19.3. The standard InChI is InChI=1S/C15H24AsN3S6/c20-13(17-7-1-2-8-17)23-16(24-14(21)18-9-3-4-10-18)25-15(22)19-11-5-6-12-19/h1-12H2. The van der Waals surface area contributed by atoms with E-state index in [9.17, 15) is 0 Å². The minimum absolute atomic E-state index is 1.07. The average molecular weight is 514 g/mol. The molecule has 3 nitrogen and oxygen atoms in total. The molecule has 0 amide bonds. The fourth-order valence-electron chi connectivity index (χ4n) is 3.12. The summed E-state index contributed by atoms with van der Waals surface area (Å²) in [7, 11) is 5.75. The van der Waals surface area contributed by atoms with E-state index in [-0.39, 0.29) is 0 Å². The van der Waals surface area contributed by atoms with Crippen LogP contribution in [-0.2, 0) is 0 Å². The number of hydrogen-bond donors (Lipinski definition) is 0. The van der Waals surface area contributed by atoms with Crippen LogP contribution in [0.5, 0.6) is 0 Å². The molecular formula is C15H24AsN3S6. The Morgan fingerprint density at radius 1 is 0.520 bits per heavy atom. The third-order valence-corrected chi connectivity index (χ3v) is 23.2. The van der Waals surface area contributed by atoms with E-state index in [2.05, 4.69) is 14.7 Å². The van der Waals surface area contributed by atoms with Crippen LogP contribution in [-0.4, -0.2) is 78.1 Å². The van der Waals surface area contributed by atoms with Gasteiger partial charge in [-0.25, -0.2) is 0 Å². The molecule has 0 radical (unpaired) electrons. The summed E-state index contributed by atoms with van der Waals surface area (Å²) in [5.41, 5.74) is 0. The van der Waals surface area contributed by atoms with Crippen molar-refractivity contribution in [1.82, 2.24) is 14.7 Å². The van der Waals surface area contributed by atoms with Crippen LogP contribution in [0.3, 0.4) is 0 Å². The van der Waals surface area contributed by atoms with Crippen LogP contribution in [0.2, 0.25) is 0 Å². The molecule has 0 aromatic rings. The molecule has 0 bridgehead atoms. The number of rotatable bonds is 3. The normalized spacial score (nSPS) is 20.8. The van der Waals surface area contributed by atoms with Gasteiger partial charge in [0.25, 0.3) is 0 Å². The molecule has 140 valence electrons. The van der Waals surface area contributed by atoms with E-state index in [1.807, 2.05) is 30.1 Å². The molecule has 3 saturated heterocycles. The summed E-state index contributed by atoms with van der Waals surface area (Å²) in [6.07, 6.45) is 7.62. The number of nitrogens with zero attached hydrogens (tertiary/aromatic N) is 3. The van der Waals surface area contributed by atoms with Crippen molar-refractivity contribution in [2.45, 2.75) is 38.5 Å². The molecule has 3 rings (SSSR count). The topological polar surface area (TPSA) is 9.72 Å². The molecule has 10 heteroatoms. The van der Waals surface area contributed by atoms with Gasteiger partial charge in [-0.05, 0) is 0 Å². The summed E-state index contributed by atoms with van der Waals surface area (Å²) >= 11 is 15.8. The molecule has 0 aromatic carbocycles. The predicted molar refractivity (Wildman–Crippen MR) is 129 cm³/mol. The first kappa shape index (κ1) is 21.0. The molecule has 25 heavy (non-hydrogen) atoms. The van der Waals surface area contributed by atoms with Gasteiger partial charge in [-0.2, -0.15) is 0 Å². The van der Waals surface area contributed by atoms with E-state index in [0.29, 0.717) is 0 Å². The van der Waals surface area contributed by atoms with Gasteiger partial charge in [0, 0.05) is 0 Å². The second kappa shape index (κ2) is 10.7. The molecule has 0 unspecified atom stereocenters. The zero-order valence-corrected chi connectivity index (χ0v) is 21.0. The van der Waals surface area contributed by atoms with E-state index in [1.54, 1.807) is 0 Å². The van der Waals surface area contributed by atoms with Gasteiger partial charge in [-0.1, -0.05) is 0 Å². The number of thiocarbonyl (C=S) groups is 3. The van der Waals surface area contributed by atoms with E-state index < -0.39 is 11.2 Å². The fraction of sp³-hybridized carbons (Fsp3) is 0.800. The van der Waals surface area contributed by atoms with Crippen molar-refractivity contribution in [3.8, 4) is 0 Å². The summed E-state index contributed by atoms with van der Waals surface area (Å²) in [5, 5.41) is 0. The molecule has 0 aliphatic carbocycles. The molecule has 3 aliphatic heterocycles. The third kappa shape index (κ3) is 6.40. The second-order valence-electron chi connectivity index (χ2n) is 6.38. The molecule has 0 spiro atoms. The molecule has 3 fully saturated rings. The maximum atomic E-state index is 5.75. The van der Waals surface area contributed by atoms with Crippen molar-refractivity contribution >= 4 is 90.9 Å². The van der Waals surface area contributed by atoms with Crippen molar-refractivity contribution in [1.29, 1.82) is 0 Å². The SMILES string of the molecule is S=C(S[As](SC(=S)N1CCCC1)SC(=S)N1CCCC1)N1CCCC1. The van der Waals surface area contributed by atoms with E-state index in [4.69, 9.17) is 36.7 Å². The van der Waals surface area contributed by atoms with Gasteiger partial charge in [-0.3, -0.25) is 0 Å². The van der Waals surface area contributed by atoms with Gasteiger partial charge in [0.2, 0.25) is 0 Å². The van der Waals surface area contributed by atoms with Crippen molar-refractivity contribution < 1.29 is 0 Å². The minimum atomic E-state index is -1.45. The Hall–Kier alpha value is 1.28. The Labute approximate surface area is 182 Å². The predicted octanol–water partition coefficient (Wildman–Crippen LogP) is 4.31. The Kier molecular flexibility index (Phi) is 9.01.